The van der Waals surface area contributed by atoms with Crippen LogP contribution in [-0.4, -0.2) is 122 Å². The third-order valence-electron chi connectivity index (χ3n) is 33.0. The summed E-state index contributed by atoms with van der Waals surface area (Å²) in [6.07, 6.45) is 0.0369. The Morgan fingerprint density at radius 2 is 0.538 bits per heavy atom. The molecule has 7 nitrogen and oxygen atoms in total. The van der Waals surface area contributed by atoms with Crippen LogP contribution in [0.2, 0.25) is 78.6 Å². The number of aliphatic hydroxyl groups excluding tert-OH is 4. The molecule has 4 N–H and O–H groups in total. The second-order valence-electron chi connectivity index (χ2n) is 44.3. The van der Waals surface area contributed by atoms with E-state index in [-0.39, 0.29) is 47.3 Å². The van der Waals surface area contributed by atoms with E-state index >= 15 is 0 Å². The van der Waals surface area contributed by atoms with Gasteiger partial charge >= 0.3 is 6.00 Å². The van der Waals surface area contributed by atoms with Crippen LogP contribution in [0.1, 0.15) is 182 Å². The Bertz CT molecular complexity index is 2990. The van der Waals surface area contributed by atoms with E-state index in [1.165, 1.54) is 82.2 Å². The van der Waals surface area contributed by atoms with Crippen LogP contribution >= 0.6 is 33.2 Å². The van der Waals surface area contributed by atoms with Gasteiger partial charge in [-0.3, -0.25) is 0 Å². The smallest absolute Gasteiger partial charge is 0.338 e. The predicted octanol–water partition coefficient (Wildman–Crippen LogP) is 26.2. The van der Waals surface area contributed by atoms with Crippen molar-refractivity contribution < 1.29 is 77.2 Å². The molecule has 16 fully saturated rings. The molecule has 1 aromatic rings. The van der Waals surface area contributed by atoms with Crippen molar-refractivity contribution in [3.8, 4) is 0 Å². The van der Waals surface area contributed by atoms with Crippen LogP contribution in [0.4, 0.5) is 52.7 Å². The van der Waals surface area contributed by atoms with E-state index in [1.807, 2.05) is 27.7 Å². The van der Waals surface area contributed by atoms with Crippen molar-refractivity contribution in [2.45, 2.75) is 285 Å². The zero-order valence-electron chi connectivity index (χ0n) is 74.3. The Balaban J connectivity index is 0.000000214. The van der Waals surface area contributed by atoms with E-state index < -0.39 is 88.2 Å². The van der Waals surface area contributed by atoms with Gasteiger partial charge < -0.3 is 33.7 Å². The quantitative estimate of drug-likeness (QED) is 0.0514. The fourth-order valence-corrected chi connectivity index (χ4v) is 38.5. The standard InChI is InChI=1S/4C16H22F3O.C9H14Si.C6H18N2Si.C6H18OSi2.CH3Cl3Si.4Rf/c4*1-15(7-12(20)16(17,18)19)6-10-5-11(15)14-9-3-2-8(4-9)13(10)14;1-10(2,3)9-7-5-4-6-8-9;1-7(2)9(5,6)8(3)4;1-8(2,3)7-9(4,5)6;1-5(2,3)4;;;;/h4*8-11,13-14,20H,2-7H2,1H3;4-8H,1-3H3;2*1-6H3;1H3;;;;/q4*-1;;;;;;;;. The van der Waals surface area contributed by atoms with Crippen LogP contribution in [-0.2, 0) is 4.12 Å². The first kappa shape index (κ1) is 102. The topological polar surface area (TPSA) is 96.6 Å². The SMILES string of the molecule is CC1(C[C-](O)C(F)(F)F)CC2CC1C1C3CCC(C3)C21.CC1(C[C-](O)C(F)(F)F)CC2CC1C1C3CCC(C3)C21.CC1(C[C-](O)C(F)(F)F)CC2CC1C1C3CCC(C3)C21.CC1(C[C-](O)C(F)(F)F)CC2CC1C1C3CCC(C3)C21.CN(C)[Si](C)(C)N(C)C.C[Si](C)(C)O[Si](C)(C)C.C[Si](C)(C)c1ccccc1.C[Si](Cl)(Cl)Cl.[Rf].[Rf].[Rf].[Rf]. The predicted molar refractivity (Wildman–Crippen MR) is 443 cm³/mol. The first-order valence-corrected chi connectivity index (χ1v) is 61.8. The van der Waals surface area contributed by atoms with Crippen molar-refractivity contribution in [3.05, 3.63) is 54.7 Å². The molecule has 0 saturated heterocycles. The average Bonchev–Trinajstić information content (AvgIpc) is 1.56. The maximum atomic E-state index is 12.6. The van der Waals surface area contributed by atoms with Gasteiger partial charge in [0.15, 0.2) is 25.0 Å². The van der Waals surface area contributed by atoms with Gasteiger partial charge in [0, 0.05) is 0 Å². The van der Waals surface area contributed by atoms with Crippen LogP contribution in [0.5, 0.6) is 0 Å². The van der Waals surface area contributed by atoms with E-state index in [2.05, 4.69) is 140 Å². The normalized spacial score (nSPS) is 39.9. The average molecular weight is 2830 g/mol. The molecule has 28 atom stereocenters. The van der Waals surface area contributed by atoms with Gasteiger partial charge in [0.25, 0.3) is 24.7 Å². The van der Waals surface area contributed by atoms with Gasteiger partial charge in [-0.1, -0.05) is 129 Å². The number of aliphatic hydroxyl groups is 4. The number of rotatable bonds is 13. The molecule has 0 heterocycles. The van der Waals surface area contributed by atoms with Crippen molar-refractivity contribution in [3.63, 3.8) is 0 Å². The Hall–Kier alpha value is -3.95. The zero-order chi connectivity index (χ0) is 84.6. The van der Waals surface area contributed by atoms with E-state index in [4.69, 9.17) is 37.4 Å². The van der Waals surface area contributed by atoms with Gasteiger partial charge in [-0.2, -0.15) is 0 Å². The van der Waals surface area contributed by atoms with E-state index in [0.717, 1.165) is 122 Å². The molecule has 0 aliphatic heterocycles. The number of fused-ring (bicyclic) bond motifs is 36. The second-order valence-corrected chi connectivity index (χ2v) is 73.5. The van der Waals surface area contributed by atoms with Crippen molar-refractivity contribution in [2.24, 2.45) is 164 Å². The number of nitrogens with zero attached hydrogens (tertiary/aromatic N) is 2. The molecule has 16 bridgehead atoms. The first-order chi connectivity index (χ1) is 51.4. The van der Waals surface area contributed by atoms with Crippen LogP contribution in [0.25, 0.3) is 0 Å². The molecule has 16 aliphatic carbocycles. The van der Waals surface area contributed by atoms with Gasteiger partial charge in [-0.15, -0.1) is 58.9 Å². The molecule has 0 radical (unpaired) electrons. The number of halogens is 15. The van der Waals surface area contributed by atoms with Crippen molar-refractivity contribution in [2.75, 3.05) is 28.2 Å². The van der Waals surface area contributed by atoms with Crippen molar-refractivity contribution in [1.82, 2.24) is 9.13 Å². The molecule has 1 aromatic carbocycles. The molecular weight excluding hydrogens is 2680 g/mol. The largest absolute Gasteiger partial charge is 0.554 e. The summed E-state index contributed by atoms with van der Waals surface area (Å²) in [5.74, 6) is 16.6. The second kappa shape index (κ2) is 35.6. The van der Waals surface area contributed by atoms with Gasteiger partial charge in [0.2, 0.25) is 0 Å². The maximum Gasteiger partial charge on any atom is 0.338 e. The molecule has 0 spiro atoms. The third-order valence-corrected chi connectivity index (χ3v) is 44.3. The van der Waals surface area contributed by atoms with Crippen molar-refractivity contribution >= 4 is 77.5 Å². The summed E-state index contributed by atoms with van der Waals surface area (Å²) < 4.78 is 162. The molecule has 0 amide bonds. The minimum atomic E-state index is -4.54. The van der Waals surface area contributed by atoms with Crippen LogP contribution in [0.15, 0.2) is 30.3 Å². The van der Waals surface area contributed by atoms with Crippen molar-refractivity contribution in [1.29, 1.82) is 0 Å². The molecule has 16 saturated carbocycles. The van der Waals surface area contributed by atoms with Gasteiger partial charge in [0.1, 0.15) is 0 Å². The van der Waals surface area contributed by atoms with Gasteiger partial charge in [0.05, 0.1) is 8.07 Å². The summed E-state index contributed by atoms with van der Waals surface area (Å²) in [5, 5.41) is 39.2. The van der Waals surface area contributed by atoms with E-state index in [9.17, 15) is 73.1 Å². The summed E-state index contributed by atoms with van der Waals surface area (Å²) in [6.45, 7) is 34.8. The van der Waals surface area contributed by atoms with Crippen LogP contribution in [0, 0.1) is 188 Å². The summed E-state index contributed by atoms with van der Waals surface area (Å²) in [4.78, 5) is 0. The molecular formula is C86H141Cl3F12N2O5Rf4Si5-4. The fraction of sp³-hybridized carbons (Fsp3) is 0.884. The molecule has 17 rings (SSSR count). The first-order valence-electron chi connectivity index (χ1n) is 43.0. The zero-order valence-corrected chi connectivity index (χ0v) is 107. The van der Waals surface area contributed by atoms with E-state index in [0.29, 0.717) is 71.0 Å². The fourth-order valence-electron chi connectivity index (χ4n) is 29.1. The number of hydrogen-bond donors (Lipinski definition) is 4. The summed E-state index contributed by atoms with van der Waals surface area (Å²) in [6, 6.07) is 8.57. The third kappa shape index (κ3) is 22.1. The van der Waals surface area contributed by atoms with Gasteiger partial charge in [-0.05, 0) is 358 Å². The number of hydrogen-bond acceptors (Lipinski definition) is 7. The summed E-state index contributed by atoms with van der Waals surface area (Å²) >= 11 is 15.6. The van der Waals surface area contributed by atoms with E-state index in [1.54, 1.807) is 6.55 Å². The molecule has 16 aliphatic rings. The molecule has 117 heavy (non-hydrogen) atoms. The summed E-state index contributed by atoms with van der Waals surface area (Å²) in [5.41, 5.74) is -1.29. The maximum absolute atomic E-state index is 12.6. The van der Waals surface area contributed by atoms with Crippen LogP contribution < -0.4 is 5.19 Å². The number of alkyl halides is 12. The molecule has 662 valence electrons. The molecule has 0 aromatic heterocycles. The van der Waals surface area contributed by atoms with Gasteiger partial charge in [-0.25, -0.2) is 52.7 Å². The minimum absolute atomic E-state index is 0. The van der Waals surface area contributed by atoms with Crippen LogP contribution in [0.3, 0.4) is 0 Å². The number of benzene rings is 1. The molecule has 28 unspecified atom stereocenters. The minimum Gasteiger partial charge on any atom is -0.554 e. The molecule has 31 heteroatoms. The Morgan fingerprint density at radius 1 is 0.350 bits per heavy atom. The monoisotopic (exact) mass is 2820 g/mol. The Labute approximate surface area is 691 Å². The Kier molecular flexibility index (Phi) is 31.0. The summed E-state index contributed by atoms with van der Waals surface area (Å²) in [7, 11) is 3.89. The Morgan fingerprint density at radius 3 is 0.675 bits per heavy atom.